The molecule has 0 aromatic carbocycles. The summed E-state index contributed by atoms with van der Waals surface area (Å²) in [6, 6.07) is 0. The number of ether oxygens (including phenoxy) is 1. The molecule has 0 radical (unpaired) electrons. The predicted octanol–water partition coefficient (Wildman–Crippen LogP) is 3.18. The van der Waals surface area contributed by atoms with Crippen LogP contribution in [0.15, 0.2) is 0 Å². The molecule has 3 nitrogen and oxygen atoms in total. The van der Waals surface area contributed by atoms with Gasteiger partial charge in [0.25, 0.3) is 0 Å². The summed E-state index contributed by atoms with van der Waals surface area (Å²) in [5.41, 5.74) is 6.47. The molecule has 2 N–H and O–H groups in total. The van der Waals surface area contributed by atoms with E-state index in [4.69, 9.17) is 10.5 Å². The Morgan fingerprint density at radius 3 is 2.70 bits per heavy atom. The second-order valence-corrected chi connectivity index (χ2v) is 7.20. The number of nitrogens with two attached hydrogens (primary N) is 1. The molecular formula is C17H34N2O. The monoisotopic (exact) mass is 282 g/mol. The van der Waals surface area contributed by atoms with Crippen LogP contribution in [0.25, 0.3) is 0 Å². The predicted molar refractivity (Wildman–Crippen MR) is 84.9 cm³/mol. The molecule has 3 heteroatoms. The van der Waals surface area contributed by atoms with Crippen LogP contribution in [0, 0.1) is 5.92 Å². The average molecular weight is 282 g/mol. The Morgan fingerprint density at radius 1 is 1.25 bits per heavy atom. The molecule has 3 unspecified atom stereocenters. The number of likely N-dealkylation sites (tertiary alicyclic amines) is 1. The highest BCUT2D eigenvalue weighted by molar-refractivity contribution is 5.01. The smallest absolute Gasteiger partial charge is 0.0670 e. The van der Waals surface area contributed by atoms with Crippen LogP contribution in [-0.4, -0.2) is 42.3 Å². The van der Waals surface area contributed by atoms with E-state index in [0.29, 0.717) is 0 Å². The molecule has 118 valence electrons. The fourth-order valence-electron chi connectivity index (χ4n) is 4.17. The van der Waals surface area contributed by atoms with Crippen molar-refractivity contribution in [1.29, 1.82) is 0 Å². The molecular weight excluding hydrogens is 248 g/mol. The first-order chi connectivity index (χ1) is 9.57. The van der Waals surface area contributed by atoms with E-state index < -0.39 is 0 Å². The van der Waals surface area contributed by atoms with Gasteiger partial charge in [0.05, 0.1) is 5.60 Å². The van der Waals surface area contributed by atoms with E-state index in [-0.39, 0.29) is 11.1 Å². The van der Waals surface area contributed by atoms with Crippen LogP contribution in [0.5, 0.6) is 0 Å². The van der Waals surface area contributed by atoms with Crippen molar-refractivity contribution in [3.8, 4) is 0 Å². The van der Waals surface area contributed by atoms with E-state index in [1.807, 2.05) is 0 Å². The SMILES string of the molecule is CCC1CCCN(C2(CN)CCOC(C)(CC)C2)CC1. The van der Waals surface area contributed by atoms with Gasteiger partial charge in [-0.3, -0.25) is 4.90 Å². The molecule has 0 aliphatic carbocycles. The third-order valence-corrected chi connectivity index (χ3v) is 5.94. The zero-order valence-corrected chi connectivity index (χ0v) is 13.8. The maximum absolute atomic E-state index is 6.27. The van der Waals surface area contributed by atoms with E-state index in [9.17, 15) is 0 Å². The Morgan fingerprint density at radius 2 is 2.05 bits per heavy atom. The van der Waals surface area contributed by atoms with Crippen LogP contribution in [0.2, 0.25) is 0 Å². The van der Waals surface area contributed by atoms with Gasteiger partial charge in [0.15, 0.2) is 0 Å². The minimum absolute atomic E-state index is 0.0219. The minimum Gasteiger partial charge on any atom is -0.375 e. The van der Waals surface area contributed by atoms with Gasteiger partial charge in [-0.05, 0) is 64.5 Å². The molecule has 0 saturated carbocycles. The lowest BCUT2D eigenvalue weighted by atomic mass is 9.77. The first kappa shape index (κ1) is 16.3. The van der Waals surface area contributed by atoms with Crippen LogP contribution < -0.4 is 5.73 Å². The summed E-state index contributed by atoms with van der Waals surface area (Å²) >= 11 is 0. The maximum Gasteiger partial charge on any atom is 0.0670 e. The number of rotatable bonds is 4. The molecule has 2 aliphatic heterocycles. The zero-order chi connectivity index (χ0) is 14.6. The van der Waals surface area contributed by atoms with Gasteiger partial charge in [0.2, 0.25) is 0 Å². The zero-order valence-electron chi connectivity index (χ0n) is 13.8. The molecule has 0 aromatic rings. The van der Waals surface area contributed by atoms with Gasteiger partial charge >= 0.3 is 0 Å². The van der Waals surface area contributed by atoms with Crippen molar-refractivity contribution in [1.82, 2.24) is 4.90 Å². The standard InChI is InChI=1S/C17H34N2O/c1-4-15-7-6-10-19(11-8-15)17(14-18)9-12-20-16(3,5-2)13-17/h15H,4-14,18H2,1-3H3. The fraction of sp³-hybridized carbons (Fsp3) is 1.00. The van der Waals surface area contributed by atoms with Crippen LogP contribution in [0.4, 0.5) is 0 Å². The highest BCUT2D eigenvalue weighted by Gasteiger charge is 2.45. The van der Waals surface area contributed by atoms with E-state index in [1.165, 1.54) is 38.8 Å². The lowest BCUT2D eigenvalue weighted by molar-refractivity contribution is -0.128. The first-order valence-corrected chi connectivity index (χ1v) is 8.66. The van der Waals surface area contributed by atoms with Crippen LogP contribution >= 0.6 is 0 Å². The van der Waals surface area contributed by atoms with Crippen molar-refractivity contribution in [3.63, 3.8) is 0 Å². The van der Waals surface area contributed by atoms with Crippen molar-refractivity contribution in [2.75, 3.05) is 26.2 Å². The van der Waals surface area contributed by atoms with Crippen molar-refractivity contribution >= 4 is 0 Å². The van der Waals surface area contributed by atoms with Gasteiger partial charge in [0.1, 0.15) is 0 Å². The Kier molecular flexibility index (Phi) is 5.49. The van der Waals surface area contributed by atoms with Crippen molar-refractivity contribution in [3.05, 3.63) is 0 Å². The molecule has 2 rings (SSSR count). The molecule has 2 fully saturated rings. The largest absolute Gasteiger partial charge is 0.375 e. The molecule has 0 amide bonds. The minimum atomic E-state index is 0.0219. The molecule has 20 heavy (non-hydrogen) atoms. The Bertz CT molecular complexity index is 309. The second-order valence-electron chi connectivity index (χ2n) is 7.20. The number of nitrogens with zero attached hydrogens (tertiary/aromatic N) is 1. The molecule has 2 saturated heterocycles. The van der Waals surface area contributed by atoms with Crippen LogP contribution in [0.3, 0.4) is 0 Å². The third-order valence-electron chi connectivity index (χ3n) is 5.94. The summed E-state index contributed by atoms with van der Waals surface area (Å²) in [6.07, 6.45) is 8.71. The third kappa shape index (κ3) is 3.37. The van der Waals surface area contributed by atoms with Crippen molar-refractivity contribution < 1.29 is 4.74 Å². The molecule has 3 atom stereocenters. The van der Waals surface area contributed by atoms with E-state index in [2.05, 4.69) is 25.7 Å². The van der Waals surface area contributed by atoms with Gasteiger partial charge in [-0.15, -0.1) is 0 Å². The molecule has 0 spiro atoms. The summed E-state index contributed by atoms with van der Waals surface area (Å²) < 4.78 is 6.05. The Labute approximate surface area is 125 Å². The maximum atomic E-state index is 6.27. The second kappa shape index (κ2) is 6.76. The summed E-state index contributed by atoms with van der Waals surface area (Å²) in [5, 5.41) is 0. The summed E-state index contributed by atoms with van der Waals surface area (Å²) in [4.78, 5) is 2.72. The number of hydrogen-bond acceptors (Lipinski definition) is 3. The molecule has 2 aliphatic rings. The Hall–Kier alpha value is -0.120. The van der Waals surface area contributed by atoms with Gasteiger partial charge < -0.3 is 10.5 Å². The van der Waals surface area contributed by atoms with E-state index in [1.54, 1.807) is 0 Å². The topological polar surface area (TPSA) is 38.5 Å². The van der Waals surface area contributed by atoms with Crippen molar-refractivity contribution in [2.45, 2.75) is 76.9 Å². The summed E-state index contributed by atoms with van der Waals surface area (Å²) in [7, 11) is 0. The van der Waals surface area contributed by atoms with E-state index >= 15 is 0 Å². The van der Waals surface area contributed by atoms with Gasteiger partial charge in [-0.25, -0.2) is 0 Å². The average Bonchev–Trinajstić information content (AvgIpc) is 2.73. The normalized spacial score (nSPS) is 40.5. The fourth-order valence-corrected chi connectivity index (χ4v) is 4.17. The summed E-state index contributed by atoms with van der Waals surface area (Å²) in [6.45, 7) is 11.0. The highest BCUT2D eigenvalue weighted by Crippen LogP contribution is 2.39. The first-order valence-electron chi connectivity index (χ1n) is 8.66. The lowest BCUT2D eigenvalue weighted by Crippen LogP contribution is -2.61. The summed E-state index contributed by atoms with van der Waals surface area (Å²) in [5.74, 6) is 0.923. The molecule has 2 heterocycles. The number of hydrogen-bond donors (Lipinski definition) is 1. The molecule has 0 bridgehead atoms. The van der Waals surface area contributed by atoms with E-state index in [0.717, 1.165) is 38.3 Å². The molecule has 0 aromatic heterocycles. The van der Waals surface area contributed by atoms with Crippen LogP contribution in [-0.2, 0) is 4.74 Å². The van der Waals surface area contributed by atoms with Crippen molar-refractivity contribution in [2.24, 2.45) is 11.7 Å². The van der Waals surface area contributed by atoms with Crippen LogP contribution in [0.1, 0.15) is 65.7 Å². The van der Waals surface area contributed by atoms with Gasteiger partial charge in [-0.2, -0.15) is 0 Å². The quantitative estimate of drug-likeness (QED) is 0.860. The lowest BCUT2D eigenvalue weighted by Gasteiger charge is -2.51. The van der Waals surface area contributed by atoms with Gasteiger partial charge in [0, 0.05) is 18.7 Å². The highest BCUT2D eigenvalue weighted by atomic mass is 16.5. The Balaban J connectivity index is 2.09. The van der Waals surface area contributed by atoms with Gasteiger partial charge in [-0.1, -0.05) is 20.3 Å².